The highest BCUT2D eigenvalue weighted by molar-refractivity contribution is 6.10. The predicted molar refractivity (Wildman–Crippen MR) is 183 cm³/mol. The van der Waals surface area contributed by atoms with E-state index in [0.717, 1.165) is 45.6 Å². The van der Waals surface area contributed by atoms with Crippen LogP contribution < -0.4 is 4.74 Å². The summed E-state index contributed by atoms with van der Waals surface area (Å²) < 4.78 is 14.7. The standard InChI is InChI=1S/C39H43N3O4/c1-27-22-42(28(2)25-43)39(44)38-37(34-16-10-11-17-35(34)41(38)4)33-15-9-8-12-30(33)26-45-36(27)24-40(3)23-29-18-20-32(21-19-29)46-31-13-6-5-7-14-31/h5-21,27-28,36,43H,22-26H2,1-4H3/t27-,28+,36+/m1/s1. The molecule has 46 heavy (non-hydrogen) atoms. The van der Waals surface area contributed by atoms with E-state index in [4.69, 9.17) is 9.47 Å². The van der Waals surface area contributed by atoms with Crippen LogP contribution in [0, 0.1) is 5.92 Å². The number of benzene rings is 4. The van der Waals surface area contributed by atoms with Crippen molar-refractivity contribution in [1.29, 1.82) is 0 Å². The molecule has 0 bridgehead atoms. The molecule has 0 saturated carbocycles. The summed E-state index contributed by atoms with van der Waals surface area (Å²) in [4.78, 5) is 18.7. The Morgan fingerprint density at radius 3 is 2.37 bits per heavy atom. The number of hydrogen-bond donors (Lipinski definition) is 1. The zero-order chi connectivity index (χ0) is 32.2. The summed E-state index contributed by atoms with van der Waals surface area (Å²) in [6.45, 7) is 6.24. The van der Waals surface area contributed by atoms with Crippen LogP contribution in [0.5, 0.6) is 11.5 Å². The van der Waals surface area contributed by atoms with Crippen molar-refractivity contribution in [3.63, 3.8) is 0 Å². The average Bonchev–Trinajstić information content (AvgIpc) is 3.37. The molecule has 1 aliphatic rings. The molecule has 1 aromatic heterocycles. The number of amides is 1. The van der Waals surface area contributed by atoms with Crippen LogP contribution in [-0.4, -0.2) is 64.3 Å². The molecule has 1 amide bonds. The minimum Gasteiger partial charge on any atom is -0.457 e. The summed E-state index contributed by atoms with van der Waals surface area (Å²) in [5.41, 5.74) is 5.77. The van der Waals surface area contributed by atoms with Crippen molar-refractivity contribution in [2.24, 2.45) is 13.0 Å². The zero-order valence-corrected chi connectivity index (χ0v) is 27.1. The average molecular weight is 618 g/mol. The molecule has 238 valence electrons. The number of carbonyl (C=O) groups is 1. The molecule has 7 heteroatoms. The fourth-order valence-electron chi connectivity index (χ4n) is 6.50. The molecule has 6 rings (SSSR count). The van der Waals surface area contributed by atoms with Gasteiger partial charge in [0.05, 0.1) is 25.4 Å². The quantitative estimate of drug-likeness (QED) is 0.201. The molecule has 2 heterocycles. The first-order valence-electron chi connectivity index (χ1n) is 16.0. The Morgan fingerprint density at radius 2 is 1.61 bits per heavy atom. The van der Waals surface area contributed by atoms with Crippen LogP contribution in [0.2, 0.25) is 0 Å². The second-order valence-electron chi connectivity index (χ2n) is 12.5. The Labute approximate surface area is 271 Å². The topological polar surface area (TPSA) is 67.2 Å². The van der Waals surface area contributed by atoms with Crippen molar-refractivity contribution in [2.75, 3.05) is 26.7 Å². The minimum atomic E-state index is -0.355. The summed E-state index contributed by atoms with van der Waals surface area (Å²) in [7, 11) is 4.06. The number of nitrogens with zero attached hydrogens (tertiary/aromatic N) is 3. The van der Waals surface area contributed by atoms with E-state index in [0.29, 0.717) is 25.4 Å². The SMILES string of the molecule is C[C@@H]1CN([C@@H](C)CO)C(=O)c2c(c3ccccc3n2C)-c2ccccc2CO[C@H]1CN(C)Cc1ccc(Oc2ccccc2)cc1. The first-order valence-corrected chi connectivity index (χ1v) is 16.0. The van der Waals surface area contributed by atoms with Crippen LogP contribution in [0.25, 0.3) is 22.0 Å². The van der Waals surface area contributed by atoms with Gasteiger partial charge in [0, 0.05) is 49.1 Å². The molecule has 0 saturated heterocycles. The molecule has 4 aromatic carbocycles. The molecule has 7 nitrogen and oxygen atoms in total. The number of para-hydroxylation sites is 2. The largest absolute Gasteiger partial charge is 0.457 e. The van der Waals surface area contributed by atoms with Crippen LogP contribution in [0.4, 0.5) is 0 Å². The zero-order valence-electron chi connectivity index (χ0n) is 27.1. The van der Waals surface area contributed by atoms with Crippen molar-refractivity contribution < 1.29 is 19.4 Å². The van der Waals surface area contributed by atoms with Crippen LogP contribution >= 0.6 is 0 Å². The maximum atomic E-state index is 14.6. The lowest BCUT2D eigenvalue weighted by Gasteiger charge is -2.35. The Balaban J connectivity index is 1.28. The number of aliphatic hydroxyl groups excluding tert-OH is 1. The van der Waals surface area contributed by atoms with E-state index in [1.165, 1.54) is 5.56 Å². The highest BCUT2D eigenvalue weighted by atomic mass is 16.5. The molecule has 0 radical (unpaired) electrons. The number of fused-ring (bicyclic) bond motifs is 5. The van der Waals surface area contributed by atoms with Gasteiger partial charge in [-0.15, -0.1) is 0 Å². The van der Waals surface area contributed by atoms with Gasteiger partial charge in [-0.1, -0.05) is 79.7 Å². The highest BCUT2D eigenvalue weighted by Crippen LogP contribution is 2.38. The van der Waals surface area contributed by atoms with E-state index < -0.39 is 0 Å². The molecular formula is C39H43N3O4. The molecule has 0 aliphatic carbocycles. The summed E-state index contributed by atoms with van der Waals surface area (Å²) in [5.74, 6) is 1.54. The lowest BCUT2D eigenvalue weighted by molar-refractivity contribution is -0.0242. The van der Waals surface area contributed by atoms with Crippen LogP contribution in [0.15, 0.2) is 103 Å². The number of likely N-dealkylation sites (N-methyl/N-ethyl adjacent to an activating group) is 1. The molecule has 0 fully saturated rings. The third-order valence-corrected chi connectivity index (χ3v) is 9.07. The number of carbonyl (C=O) groups excluding carboxylic acids is 1. The maximum absolute atomic E-state index is 14.6. The summed E-state index contributed by atoms with van der Waals surface area (Å²) in [6, 6.07) is 34.0. The number of rotatable bonds is 8. The smallest absolute Gasteiger partial charge is 0.271 e. The summed E-state index contributed by atoms with van der Waals surface area (Å²) in [5, 5.41) is 11.3. The van der Waals surface area contributed by atoms with Crippen molar-refractivity contribution in [2.45, 2.75) is 39.1 Å². The molecule has 1 N–H and O–H groups in total. The molecule has 5 aromatic rings. The normalized spacial score (nSPS) is 17.8. The lowest BCUT2D eigenvalue weighted by Crippen LogP contribution is -2.47. The van der Waals surface area contributed by atoms with Crippen LogP contribution in [-0.2, 0) is 24.9 Å². The van der Waals surface area contributed by atoms with E-state index in [-0.39, 0.29) is 30.6 Å². The van der Waals surface area contributed by atoms with Crippen LogP contribution in [0.1, 0.15) is 35.5 Å². The van der Waals surface area contributed by atoms with E-state index in [1.54, 1.807) is 0 Å². The van der Waals surface area contributed by atoms with E-state index in [9.17, 15) is 9.90 Å². The molecule has 0 spiro atoms. The first kappa shape index (κ1) is 31.5. The minimum absolute atomic E-state index is 0.00504. The molecule has 3 atom stereocenters. The van der Waals surface area contributed by atoms with Crippen molar-refractivity contribution >= 4 is 16.8 Å². The van der Waals surface area contributed by atoms with Gasteiger partial charge < -0.3 is 24.0 Å². The molecule has 1 aliphatic heterocycles. The van der Waals surface area contributed by atoms with Gasteiger partial charge in [-0.2, -0.15) is 0 Å². The second kappa shape index (κ2) is 13.9. The first-order chi connectivity index (χ1) is 22.3. The Hall–Kier alpha value is -4.43. The summed E-state index contributed by atoms with van der Waals surface area (Å²) in [6.07, 6.45) is -0.155. The number of aliphatic hydroxyl groups is 1. The predicted octanol–water partition coefficient (Wildman–Crippen LogP) is 7.13. The number of aromatic nitrogens is 1. The number of ether oxygens (including phenoxy) is 2. The Kier molecular flexibility index (Phi) is 9.54. The van der Waals surface area contributed by atoms with Gasteiger partial charge in [0.1, 0.15) is 17.2 Å². The Bertz CT molecular complexity index is 1780. The van der Waals surface area contributed by atoms with E-state index in [2.05, 4.69) is 55.3 Å². The molecule has 0 unspecified atom stereocenters. The fourth-order valence-corrected chi connectivity index (χ4v) is 6.50. The maximum Gasteiger partial charge on any atom is 0.271 e. The van der Waals surface area contributed by atoms with Gasteiger partial charge >= 0.3 is 0 Å². The molecular weight excluding hydrogens is 574 g/mol. The Morgan fingerprint density at radius 1 is 0.935 bits per heavy atom. The second-order valence-corrected chi connectivity index (χ2v) is 12.5. The third kappa shape index (κ3) is 6.58. The van der Waals surface area contributed by atoms with Crippen LogP contribution in [0.3, 0.4) is 0 Å². The monoisotopic (exact) mass is 617 g/mol. The van der Waals surface area contributed by atoms with Gasteiger partial charge in [0.15, 0.2) is 0 Å². The fraction of sp³-hybridized carbons (Fsp3) is 0.308. The third-order valence-electron chi connectivity index (χ3n) is 9.07. The van der Waals surface area contributed by atoms with E-state index in [1.807, 2.05) is 90.2 Å². The van der Waals surface area contributed by atoms with Crippen molar-refractivity contribution in [3.05, 3.63) is 120 Å². The van der Waals surface area contributed by atoms with E-state index >= 15 is 0 Å². The van der Waals surface area contributed by atoms with Gasteiger partial charge in [0.2, 0.25) is 0 Å². The van der Waals surface area contributed by atoms with Gasteiger partial charge in [-0.3, -0.25) is 9.69 Å². The van der Waals surface area contributed by atoms with Crippen molar-refractivity contribution in [3.8, 4) is 22.6 Å². The van der Waals surface area contributed by atoms with Crippen molar-refractivity contribution in [1.82, 2.24) is 14.4 Å². The highest BCUT2D eigenvalue weighted by Gasteiger charge is 2.33. The number of hydrogen-bond acceptors (Lipinski definition) is 5. The summed E-state index contributed by atoms with van der Waals surface area (Å²) >= 11 is 0. The van der Waals surface area contributed by atoms with Gasteiger partial charge in [0.25, 0.3) is 5.91 Å². The van der Waals surface area contributed by atoms with Gasteiger partial charge in [-0.25, -0.2) is 0 Å². The lowest BCUT2D eigenvalue weighted by atomic mass is 9.96. The number of aryl methyl sites for hydroxylation is 1. The van der Waals surface area contributed by atoms with Gasteiger partial charge in [-0.05, 0) is 61.0 Å².